The van der Waals surface area contributed by atoms with Gasteiger partial charge in [0.1, 0.15) is 6.54 Å². The maximum Gasteiger partial charge on any atom is 0.327 e. The molecule has 0 aromatic heterocycles. The van der Waals surface area contributed by atoms with Crippen LogP contribution in [0.25, 0.3) is 0 Å². The third-order valence-corrected chi connectivity index (χ3v) is 2.24. The molecule has 5 nitrogen and oxygen atoms in total. The summed E-state index contributed by atoms with van der Waals surface area (Å²) in [5.74, 6) is -0.131. The maximum absolute atomic E-state index is 11.4. The Hall–Kier alpha value is -1.10. The Bertz CT molecular complexity index is 229. The van der Waals surface area contributed by atoms with Crippen molar-refractivity contribution in [3.63, 3.8) is 0 Å². The number of urea groups is 1. The van der Waals surface area contributed by atoms with Gasteiger partial charge in [0.2, 0.25) is 5.91 Å². The number of carbonyl (C=O) groups excluding carboxylic acids is 2. The number of imide groups is 1. The highest BCUT2D eigenvalue weighted by molar-refractivity contribution is 6.01. The van der Waals surface area contributed by atoms with Gasteiger partial charge in [-0.15, -0.1) is 0 Å². The van der Waals surface area contributed by atoms with Crippen molar-refractivity contribution in [3.05, 3.63) is 0 Å². The molecule has 0 aliphatic carbocycles. The summed E-state index contributed by atoms with van der Waals surface area (Å²) in [5, 5.41) is 3.02. The number of hydrogen-bond donors (Lipinski definition) is 1. The molecule has 0 spiro atoms. The Kier molecular flexibility index (Phi) is 2.87. The third-order valence-electron chi connectivity index (χ3n) is 2.24. The SMILES string of the molecule is CNC(C)CN1CC(=O)N(C)C1=O. The molecule has 3 amide bonds. The molecule has 0 radical (unpaired) electrons. The van der Waals surface area contributed by atoms with Crippen LogP contribution in [0.4, 0.5) is 4.79 Å². The van der Waals surface area contributed by atoms with Crippen molar-refractivity contribution in [1.82, 2.24) is 15.1 Å². The summed E-state index contributed by atoms with van der Waals surface area (Å²) in [5.41, 5.74) is 0. The number of amides is 3. The van der Waals surface area contributed by atoms with Crippen molar-refractivity contribution < 1.29 is 9.59 Å². The molecule has 1 fully saturated rings. The molecular formula is C8H15N3O2. The van der Waals surface area contributed by atoms with E-state index in [2.05, 4.69) is 5.32 Å². The van der Waals surface area contributed by atoms with Crippen molar-refractivity contribution >= 4 is 11.9 Å². The van der Waals surface area contributed by atoms with E-state index in [0.717, 1.165) is 4.90 Å². The average molecular weight is 185 g/mol. The van der Waals surface area contributed by atoms with Crippen LogP contribution in [0, 0.1) is 0 Å². The predicted octanol–water partition coefficient (Wildman–Crippen LogP) is -0.512. The molecule has 1 aliphatic heterocycles. The minimum absolute atomic E-state index is 0.131. The molecule has 74 valence electrons. The van der Waals surface area contributed by atoms with Gasteiger partial charge in [0.05, 0.1) is 0 Å². The number of nitrogens with zero attached hydrogens (tertiary/aromatic N) is 2. The Balaban J connectivity index is 2.54. The van der Waals surface area contributed by atoms with Gasteiger partial charge in [-0.25, -0.2) is 4.79 Å². The van der Waals surface area contributed by atoms with Gasteiger partial charge in [-0.2, -0.15) is 0 Å². The second kappa shape index (κ2) is 3.74. The lowest BCUT2D eigenvalue weighted by Gasteiger charge is -2.18. The lowest BCUT2D eigenvalue weighted by Crippen LogP contribution is -2.39. The molecule has 0 aromatic rings. The molecule has 5 heteroatoms. The van der Waals surface area contributed by atoms with Crippen LogP contribution in [0.15, 0.2) is 0 Å². The van der Waals surface area contributed by atoms with E-state index in [1.807, 2.05) is 14.0 Å². The summed E-state index contributed by atoms with van der Waals surface area (Å²) in [6.07, 6.45) is 0. The van der Waals surface area contributed by atoms with Crippen molar-refractivity contribution in [2.75, 3.05) is 27.2 Å². The Morgan fingerprint density at radius 3 is 2.54 bits per heavy atom. The first-order chi connectivity index (χ1) is 6.06. The maximum atomic E-state index is 11.4. The summed E-state index contributed by atoms with van der Waals surface area (Å²) in [7, 11) is 3.34. The highest BCUT2D eigenvalue weighted by atomic mass is 16.2. The summed E-state index contributed by atoms with van der Waals surface area (Å²) in [6, 6.07) is 0.00958. The molecule has 1 N–H and O–H groups in total. The van der Waals surface area contributed by atoms with Crippen LogP contribution in [0.5, 0.6) is 0 Å². The van der Waals surface area contributed by atoms with Crippen molar-refractivity contribution in [3.8, 4) is 0 Å². The quantitative estimate of drug-likeness (QED) is 0.602. The molecule has 1 aliphatic rings. The standard InChI is InChI=1S/C8H15N3O2/c1-6(9-2)4-11-5-7(12)10(3)8(11)13/h6,9H,4-5H2,1-3H3. The number of carbonyl (C=O) groups is 2. The normalized spacial score (nSPS) is 19.9. The Morgan fingerprint density at radius 2 is 2.15 bits per heavy atom. The minimum atomic E-state index is -0.202. The van der Waals surface area contributed by atoms with Gasteiger partial charge in [0.25, 0.3) is 0 Å². The van der Waals surface area contributed by atoms with E-state index in [0.29, 0.717) is 6.54 Å². The van der Waals surface area contributed by atoms with Gasteiger partial charge in [-0.05, 0) is 14.0 Å². The van der Waals surface area contributed by atoms with E-state index < -0.39 is 0 Å². The number of hydrogen-bond acceptors (Lipinski definition) is 3. The fourth-order valence-corrected chi connectivity index (χ4v) is 1.22. The van der Waals surface area contributed by atoms with Crippen LogP contribution in [0.3, 0.4) is 0 Å². The van der Waals surface area contributed by atoms with Gasteiger partial charge >= 0.3 is 6.03 Å². The van der Waals surface area contributed by atoms with E-state index in [9.17, 15) is 9.59 Å². The van der Waals surface area contributed by atoms with E-state index in [1.54, 1.807) is 4.90 Å². The first-order valence-electron chi connectivity index (χ1n) is 4.29. The van der Waals surface area contributed by atoms with Crippen molar-refractivity contribution in [2.45, 2.75) is 13.0 Å². The van der Waals surface area contributed by atoms with E-state index in [1.165, 1.54) is 7.05 Å². The van der Waals surface area contributed by atoms with Crippen LogP contribution < -0.4 is 5.32 Å². The monoisotopic (exact) mass is 185 g/mol. The van der Waals surface area contributed by atoms with E-state index >= 15 is 0 Å². The van der Waals surface area contributed by atoms with Gasteiger partial charge in [0.15, 0.2) is 0 Å². The molecule has 13 heavy (non-hydrogen) atoms. The molecular weight excluding hydrogens is 170 g/mol. The van der Waals surface area contributed by atoms with E-state index in [4.69, 9.17) is 0 Å². The molecule has 0 saturated carbocycles. The first kappa shape index (κ1) is 9.98. The third kappa shape index (κ3) is 1.98. The highest BCUT2D eigenvalue weighted by Gasteiger charge is 2.33. The average Bonchev–Trinajstić information content (AvgIpc) is 2.34. The zero-order valence-electron chi connectivity index (χ0n) is 8.20. The zero-order valence-corrected chi connectivity index (χ0v) is 8.20. The second-order valence-electron chi connectivity index (χ2n) is 3.31. The largest absolute Gasteiger partial charge is 0.327 e. The molecule has 1 atom stereocenters. The van der Waals surface area contributed by atoms with Crippen LogP contribution in [-0.4, -0.2) is 55.0 Å². The van der Waals surface area contributed by atoms with Crippen molar-refractivity contribution in [1.29, 1.82) is 0 Å². The summed E-state index contributed by atoms with van der Waals surface area (Å²) in [4.78, 5) is 25.2. The summed E-state index contributed by atoms with van der Waals surface area (Å²) < 4.78 is 0. The van der Waals surface area contributed by atoms with Gasteiger partial charge in [-0.3, -0.25) is 9.69 Å². The van der Waals surface area contributed by atoms with Gasteiger partial charge in [0, 0.05) is 19.6 Å². The van der Waals surface area contributed by atoms with E-state index in [-0.39, 0.29) is 24.5 Å². The van der Waals surface area contributed by atoms with Crippen molar-refractivity contribution in [2.24, 2.45) is 0 Å². The molecule has 0 aromatic carbocycles. The minimum Gasteiger partial charge on any atom is -0.316 e. The Morgan fingerprint density at radius 1 is 1.54 bits per heavy atom. The molecule has 0 bridgehead atoms. The number of likely N-dealkylation sites (N-methyl/N-ethyl adjacent to an activating group) is 2. The van der Waals surface area contributed by atoms with Gasteiger partial charge in [-0.1, -0.05) is 0 Å². The van der Waals surface area contributed by atoms with Gasteiger partial charge < -0.3 is 10.2 Å². The Labute approximate surface area is 77.7 Å². The first-order valence-corrected chi connectivity index (χ1v) is 4.29. The number of nitrogens with one attached hydrogen (secondary N) is 1. The highest BCUT2D eigenvalue weighted by Crippen LogP contribution is 2.07. The predicted molar refractivity (Wildman–Crippen MR) is 48.3 cm³/mol. The van der Waals surface area contributed by atoms with Crippen LogP contribution >= 0.6 is 0 Å². The lowest BCUT2D eigenvalue weighted by molar-refractivity contribution is -0.124. The smallest absolute Gasteiger partial charge is 0.316 e. The fraction of sp³-hybridized carbons (Fsp3) is 0.750. The topological polar surface area (TPSA) is 52.7 Å². The van der Waals surface area contributed by atoms with Crippen LogP contribution in [0.2, 0.25) is 0 Å². The summed E-state index contributed by atoms with van der Waals surface area (Å²) >= 11 is 0. The zero-order chi connectivity index (χ0) is 10.0. The van der Waals surface area contributed by atoms with Crippen LogP contribution in [-0.2, 0) is 4.79 Å². The molecule has 1 unspecified atom stereocenters. The fourth-order valence-electron chi connectivity index (χ4n) is 1.22. The molecule has 1 heterocycles. The molecule has 1 saturated heterocycles. The second-order valence-corrected chi connectivity index (χ2v) is 3.31. The van der Waals surface area contributed by atoms with Crippen LogP contribution in [0.1, 0.15) is 6.92 Å². The lowest BCUT2D eigenvalue weighted by atomic mass is 10.3. The summed E-state index contributed by atoms with van der Waals surface area (Å²) in [6.45, 7) is 2.75. The molecule has 1 rings (SSSR count). The number of rotatable bonds is 3.